The van der Waals surface area contributed by atoms with Crippen LogP contribution in [0.2, 0.25) is 0 Å². The highest BCUT2D eigenvalue weighted by Gasteiger charge is 2.49. The van der Waals surface area contributed by atoms with Gasteiger partial charge in [0.25, 0.3) is 0 Å². The average molecular weight is 653 g/mol. The summed E-state index contributed by atoms with van der Waals surface area (Å²) in [6, 6.07) is 6.78. The summed E-state index contributed by atoms with van der Waals surface area (Å²) in [6.07, 6.45) is 2.59. The van der Waals surface area contributed by atoms with Crippen molar-refractivity contribution in [2.45, 2.75) is 69.8 Å². The van der Waals surface area contributed by atoms with Gasteiger partial charge in [-0.1, -0.05) is 24.3 Å². The number of ether oxygens (including phenoxy) is 2. The first-order valence-corrected chi connectivity index (χ1v) is 15.9. The first-order valence-electron chi connectivity index (χ1n) is 15.9. The summed E-state index contributed by atoms with van der Waals surface area (Å²) < 4.78 is 72.0. The Bertz CT molecular complexity index is 1870. The lowest BCUT2D eigenvalue weighted by atomic mass is 9.95. The molecular weight excluding hydrogens is 616 g/mol. The van der Waals surface area contributed by atoms with Gasteiger partial charge in [0.05, 0.1) is 10.9 Å². The average Bonchev–Trinajstić information content (AvgIpc) is 3.72. The van der Waals surface area contributed by atoms with Crippen LogP contribution in [0.3, 0.4) is 0 Å². The molecule has 4 aromatic rings. The topological polar surface area (TPSA) is 92.7 Å². The second-order valence-corrected chi connectivity index (χ2v) is 13.7. The van der Waals surface area contributed by atoms with Crippen LogP contribution in [-0.2, 0) is 4.74 Å². The highest BCUT2D eigenvalue weighted by Crippen LogP contribution is 2.41. The molecule has 248 valence electrons. The standard InChI is InChI=1S/C34H36F4N6O3/c1-33(2,3)47-32(45)43-13-10-21(17-43)40-30-23-15-39-28(22-7-4-6-19-8-9-24(36)26(37)25(19)22)27(38)29(23)41-31(42-30)46-18-34-11-5-12-44(34)16-20(35)14-34/h4,6-9,15,20-21H,5,10-14,16-18H2,1-3H3,(H,40,41,42)/t20-,21-,34+/m1/s1. The number of benzene rings is 2. The van der Waals surface area contributed by atoms with Crippen molar-refractivity contribution >= 4 is 33.6 Å². The number of halogens is 4. The van der Waals surface area contributed by atoms with Gasteiger partial charge in [-0.3, -0.25) is 9.88 Å². The largest absolute Gasteiger partial charge is 0.461 e. The number of likely N-dealkylation sites (tertiary alicyclic amines) is 1. The Labute approximate surface area is 269 Å². The van der Waals surface area contributed by atoms with Crippen LogP contribution in [0.1, 0.15) is 46.5 Å². The smallest absolute Gasteiger partial charge is 0.410 e. The van der Waals surface area contributed by atoms with Gasteiger partial charge >= 0.3 is 12.1 Å². The van der Waals surface area contributed by atoms with Crippen LogP contribution in [0, 0.1) is 17.5 Å². The normalized spacial score (nSPS) is 23.1. The molecule has 3 atom stereocenters. The molecule has 7 rings (SSSR count). The lowest BCUT2D eigenvalue weighted by Crippen LogP contribution is -2.43. The first kappa shape index (κ1) is 31.3. The zero-order chi connectivity index (χ0) is 33.1. The first-order chi connectivity index (χ1) is 22.4. The second kappa shape index (κ2) is 11.8. The maximum Gasteiger partial charge on any atom is 0.410 e. The fraction of sp³-hybridized carbons (Fsp3) is 0.471. The van der Waals surface area contributed by atoms with Gasteiger partial charge in [-0.2, -0.15) is 9.97 Å². The summed E-state index contributed by atoms with van der Waals surface area (Å²) in [6.45, 7) is 7.41. The third kappa shape index (κ3) is 5.90. The van der Waals surface area contributed by atoms with Gasteiger partial charge in [0.15, 0.2) is 17.5 Å². The fourth-order valence-corrected chi connectivity index (χ4v) is 7.12. The van der Waals surface area contributed by atoms with Crippen LogP contribution >= 0.6 is 0 Å². The third-order valence-corrected chi connectivity index (χ3v) is 9.27. The molecule has 1 N–H and O–H groups in total. The van der Waals surface area contributed by atoms with E-state index in [1.165, 1.54) is 18.3 Å². The number of amides is 1. The number of carbonyl (C=O) groups is 1. The van der Waals surface area contributed by atoms with Crippen LogP contribution in [0.4, 0.5) is 28.2 Å². The fourth-order valence-electron chi connectivity index (χ4n) is 7.12. The van der Waals surface area contributed by atoms with Gasteiger partial charge in [0, 0.05) is 49.2 Å². The molecule has 0 bridgehead atoms. The number of nitrogens with one attached hydrogen (secondary N) is 1. The summed E-state index contributed by atoms with van der Waals surface area (Å²) >= 11 is 0. The second-order valence-electron chi connectivity index (χ2n) is 13.7. The lowest BCUT2D eigenvalue weighted by molar-refractivity contribution is 0.0293. The number of rotatable bonds is 6. The minimum Gasteiger partial charge on any atom is -0.461 e. The summed E-state index contributed by atoms with van der Waals surface area (Å²) in [5.74, 6) is -2.78. The Balaban J connectivity index is 1.26. The number of carbonyl (C=O) groups excluding carboxylic acids is 1. The lowest BCUT2D eigenvalue weighted by Gasteiger charge is -2.30. The SMILES string of the molecule is CC(C)(C)OC(=O)N1CC[C@@H](Nc2nc(OC[C@@]34CCCN3C[C@H](F)C4)nc3c(F)c(-c4cccc5ccc(F)c(F)c45)ncc23)C1. The van der Waals surface area contributed by atoms with Gasteiger partial charge in [0.2, 0.25) is 0 Å². The van der Waals surface area contributed by atoms with E-state index in [0.29, 0.717) is 37.9 Å². The molecule has 0 radical (unpaired) electrons. The van der Waals surface area contributed by atoms with Crippen molar-refractivity contribution in [3.8, 4) is 17.3 Å². The molecule has 47 heavy (non-hydrogen) atoms. The Kier molecular flexibility index (Phi) is 7.85. The summed E-state index contributed by atoms with van der Waals surface area (Å²) in [7, 11) is 0. The molecule has 5 heterocycles. The molecule has 1 amide bonds. The van der Waals surface area contributed by atoms with Gasteiger partial charge in [0.1, 0.15) is 35.4 Å². The van der Waals surface area contributed by atoms with E-state index in [9.17, 15) is 13.6 Å². The molecule has 3 aliphatic heterocycles. The summed E-state index contributed by atoms with van der Waals surface area (Å²) in [5.41, 5.74) is -1.41. The van der Waals surface area contributed by atoms with Crippen molar-refractivity contribution in [2.24, 2.45) is 0 Å². The van der Waals surface area contributed by atoms with Crippen LogP contribution in [0.25, 0.3) is 32.9 Å². The highest BCUT2D eigenvalue weighted by atomic mass is 19.2. The zero-order valence-electron chi connectivity index (χ0n) is 26.5. The molecule has 3 aliphatic rings. The summed E-state index contributed by atoms with van der Waals surface area (Å²) in [4.78, 5) is 29.8. The van der Waals surface area contributed by atoms with Crippen molar-refractivity contribution in [1.82, 2.24) is 24.8 Å². The minimum absolute atomic E-state index is 0.0683. The van der Waals surface area contributed by atoms with Crippen molar-refractivity contribution in [2.75, 3.05) is 38.1 Å². The van der Waals surface area contributed by atoms with Crippen LogP contribution in [0.15, 0.2) is 36.5 Å². The Morgan fingerprint density at radius 1 is 1.09 bits per heavy atom. The number of hydrogen-bond donors (Lipinski definition) is 1. The van der Waals surface area contributed by atoms with Crippen molar-refractivity contribution in [3.05, 3.63) is 54.0 Å². The molecule has 0 spiro atoms. The summed E-state index contributed by atoms with van der Waals surface area (Å²) in [5, 5.41) is 3.84. The number of fused-ring (bicyclic) bond motifs is 3. The van der Waals surface area contributed by atoms with E-state index in [1.807, 2.05) is 0 Å². The molecule has 13 heteroatoms. The third-order valence-electron chi connectivity index (χ3n) is 9.27. The minimum atomic E-state index is -1.10. The Hall–Kier alpha value is -4.26. The maximum atomic E-state index is 16.5. The van der Waals surface area contributed by atoms with Crippen LogP contribution in [-0.4, -0.2) is 87.0 Å². The number of anilines is 1. The molecule has 3 saturated heterocycles. The number of nitrogens with zero attached hydrogens (tertiary/aromatic N) is 5. The number of hydrogen-bond acceptors (Lipinski definition) is 8. The maximum absolute atomic E-state index is 16.5. The molecule has 2 aromatic heterocycles. The van der Waals surface area contributed by atoms with Gasteiger partial charge in [-0.25, -0.2) is 22.4 Å². The van der Waals surface area contributed by atoms with E-state index in [2.05, 4.69) is 25.2 Å². The number of pyridine rings is 1. The van der Waals surface area contributed by atoms with Crippen LogP contribution in [0.5, 0.6) is 6.01 Å². The van der Waals surface area contributed by atoms with E-state index in [-0.39, 0.29) is 52.0 Å². The highest BCUT2D eigenvalue weighted by molar-refractivity contribution is 5.99. The molecule has 2 aromatic carbocycles. The van der Waals surface area contributed by atoms with Gasteiger partial charge in [-0.05, 0) is 58.0 Å². The van der Waals surface area contributed by atoms with Crippen molar-refractivity contribution in [3.63, 3.8) is 0 Å². The number of alkyl halides is 1. The molecule has 0 unspecified atom stereocenters. The van der Waals surface area contributed by atoms with E-state index < -0.39 is 40.9 Å². The molecule has 3 fully saturated rings. The molecule has 0 aliphatic carbocycles. The van der Waals surface area contributed by atoms with E-state index in [1.54, 1.807) is 37.8 Å². The number of aromatic nitrogens is 3. The molecule has 0 saturated carbocycles. The van der Waals surface area contributed by atoms with Crippen molar-refractivity contribution in [1.29, 1.82) is 0 Å². The van der Waals surface area contributed by atoms with E-state index in [4.69, 9.17) is 9.47 Å². The Morgan fingerprint density at radius 2 is 1.91 bits per heavy atom. The van der Waals surface area contributed by atoms with Gasteiger partial charge in [-0.15, -0.1) is 0 Å². The Morgan fingerprint density at radius 3 is 2.72 bits per heavy atom. The predicted octanol–water partition coefficient (Wildman–Crippen LogP) is 6.64. The molecular formula is C34H36F4N6O3. The predicted molar refractivity (Wildman–Crippen MR) is 169 cm³/mol. The monoisotopic (exact) mass is 652 g/mol. The quantitative estimate of drug-likeness (QED) is 0.232. The zero-order valence-corrected chi connectivity index (χ0v) is 26.5. The van der Waals surface area contributed by atoms with E-state index in [0.717, 1.165) is 25.5 Å². The van der Waals surface area contributed by atoms with Gasteiger partial charge < -0.3 is 19.7 Å². The van der Waals surface area contributed by atoms with Crippen LogP contribution < -0.4 is 10.1 Å². The van der Waals surface area contributed by atoms with Crippen molar-refractivity contribution < 1.29 is 31.8 Å². The molecule has 9 nitrogen and oxygen atoms in total. The van der Waals surface area contributed by atoms with E-state index >= 15 is 8.78 Å².